The molecule has 1 aromatic rings. The number of methoxy groups -OCH3 is 1. The minimum absolute atomic E-state index is 0.0196. The van der Waals surface area contributed by atoms with Gasteiger partial charge in [0.1, 0.15) is 5.70 Å². The number of ether oxygens (including phenoxy) is 1. The molecule has 1 heterocycles. The second kappa shape index (κ2) is 7.44. The van der Waals surface area contributed by atoms with Crippen LogP contribution in [0, 0.1) is 0 Å². The van der Waals surface area contributed by atoms with E-state index in [1.807, 2.05) is 0 Å². The van der Waals surface area contributed by atoms with E-state index in [9.17, 15) is 22.8 Å². The zero-order valence-electron chi connectivity index (χ0n) is 13.0. The number of amides is 1. The summed E-state index contributed by atoms with van der Waals surface area (Å²) in [6.07, 6.45) is -4.58. The van der Waals surface area contributed by atoms with E-state index >= 15 is 0 Å². The minimum atomic E-state index is -4.58. The summed E-state index contributed by atoms with van der Waals surface area (Å²) in [5.74, 6) is -1.39. The van der Waals surface area contributed by atoms with Crippen molar-refractivity contribution in [2.24, 2.45) is 0 Å². The van der Waals surface area contributed by atoms with Gasteiger partial charge in [0.05, 0.1) is 41.6 Å². The smallest absolute Gasteiger partial charge is 0.417 e. The van der Waals surface area contributed by atoms with Crippen molar-refractivity contribution in [3.05, 3.63) is 39.5 Å². The highest BCUT2D eigenvalue weighted by molar-refractivity contribution is 9.10. The van der Waals surface area contributed by atoms with Gasteiger partial charge in [-0.05, 0) is 28.1 Å². The van der Waals surface area contributed by atoms with Gasteiger partial charge >= 0.3 is 12.1 Å². The number of β-amino-alcohol motifs (C(OH)–C–C–N with tert-alkyl or cyclic N) is 1. The van der Waals surface area contributed by atoms with Crippen LogP contribution in [0.4, 0.5) is 18.9 Å². The molecule has 0 fully saturated rings. The number of hydrogen-bond donors (Lipinski definition) is 2. The lowest BCUT2D eigenvalue weighted by Gasteiger charge is -2.16. The Balaban J connectivity index is 2.42. The maximum absolute atomic E-state index is 13.0. The Morgan fingerprint density at radius 2 is 2.12 bits per heavy atom. The van der Waals surface area contributed by atoms with Crippen LogP contribution >= 0.6 is 15.9 Å². The van der Waals surface area contributed by atoms with Crippen molar-refractivity contribution in [3.8, 4) is 0 Å². The van der Waals surface area contributed by atoms with Gasteiger partial charge in [-0.25, -0.2) is 4.79 Å². The molecule has 2 N–H and O–H groups in total. The normalized spacial score (nSPS) is 15.0. The van der Waals surface area contributed by atoms with E-state index in [4.69, 9.17) is 5.11 Å². The predicted molar refractivity (Wildman–Crippen MR) is 85.5 cm³/mol. The molecule has 0 unspecified atom stereocenters. The molecule has 1 aliphatic heterocycles. The molecule has 25 heavy (non-hydrogen) atoms. The van der Waals surface area contributed by atoms with E-state index in [2.05, 4.69) is 26.0 Å². The number of aliphatic hydroxyl groups is 1. The van der Waals surface area contributed by atoms with Crippen molar-refractivity contribution in [1.29, 1.82) is 0 Å². The fourth-order valence-corrected chi connectivity index (χ4v) is 2.92. The third-order valence-corrected chi connectivity index (χ3v) is 4.37. The molecule has 0 bridgehead atoms. The van der Waals surface area contributed by atoms with Crippen LogP contribution in [-0.4, -0.2) is 48.7 Å². The number of nitrogens with one attached hydrogen (secondary N) is 1. The summed E-state index contributed by atoms with van der Waals surface area (Å²) < 4.78 is 43.3. The van der Waals surface area contributed by atoms with E-state index in [-0.39, 0.29) is 41.1 Å². The summed E-state index contributed by atoms with van der Waals surface area (Å²) >= 11 is 2.88. The number of esters is 1. The lowest BCUT2D eigenvalue weighted by atomic mass is 10.1. The van der Waals surface area contributed by atoms with E-state index < -0.39 is 23.6 Å². The number of halogens is 4. The molecule has 1 aromatic carbocycles. The van der Waals surface area contributed by atoms with Gasteiger partial charge in [-0.1, -0.05) is 6.07 Å². The monoisotopic (exact) mass is 422 g/mol. The van der Waals surface area contributed by atoms with Gasteiger partial charge in [-0.15, -0.1) is 0 Å². The van der Waals surface area contributed by atoms with Crippen LogP contribution in [-0.2, 0) is 20.5 Å². The molecular weight excluding hydrogens is 409 g/mol. The second-order valence-corrected chi connectivity index (χ2v) is 5.88. The van der Waals surface area contributed by atoms with Crippen LogP contribution in [0.2, 0.25) is 0 Å². The Labute approximate surface area is 149 Å². The Bertz CT molecular complexity index is 734. The fourth-order valence-electron chi connectivity index (χ4n) is 2.33. The zero-order valence-corrected chi connectivity index (χ0v) is 14.6. The molecule has 2 rings (SSSR count). The topological polar surface area (TPSA) is 78.9 Å². The van der Waals surface area contributed by atoms with Crippen molar-refractivity contribution in [3.63, 3.8) is 0 Å². The molecule has 0 radical (unpaired) electrons. The molecule has 0 aliphatic carbocycles. The molecule has 1 aliphatic rings. The molecule has 0 aromatic heterocycles. The highest BCUT2D eigenvalue weighted by Gasteiger charge is 2.36. The lowest BCUT2D eigenvalue weighted by Crippen LogP contribution is -2.31. The number of aliphatic hydroxyl groups excluding tert-OH is 1. The minimum Gasteiger partial charge on any atom is -0.466 e. The summed E-state index contributed by atoms with van der Waals surface area (Å²) in [6, 6.07) is 3.40. The Hall–Kier alpha value is -2.07. The molecule has 0 saturated heterocycles. The zero-order chi connectivity index (χ0) is 18.8. The van der Waals surface area contributed by atoms with Crippen LogP contribution in [0.1, 0.15) is 5.56 Å². The van der Waals surface area contributed by atoms with Gasteiger partial charge in [0.15, 0.2) is 0 Å². The molecule has 0 atom stereocenters. The molecule has 1 amide bonds. The quantitative estimate of drug-likeness (QED) is 0.710. The number of benzene rings is 1. The van der Waals surface area contributed by atoms with Crippen molar-refractivity contribution < 1.29 is 32.6 Å². The van der Waals surface area contributed by atoms with Crippen LogP contribution in [0.5, 0.6) is 0 Å². The molecule has 0 spiro atoms. The van der Waals surface area contributed by atoms with Crippen LogP contribution < -0.4 is 5.32 Å². The Morgan fingerprint density at radius 3 is 2.68 bits per heavy atom. The van der Waals surface area contributed by atoms with Crippen molar-refractivity contribution in [2.75, 3.05) is 32.1 Å². The van der Waals surface area contributed by atoms with Crippen LogP contribution in [0.3, 0.4) is 0 Å². The third kappa shape index (κ3) is 3.96. The number of rotatable bonds is 5. The summed E-state index contributed by atoms with van der Waals surface area (Å²) in [4.78, 5) is 25.4. The number of carbonyl (C=O) groups excluding carboxylic acids is 2. The van der Waals surface area contributed by atoms with Gasteiger partial charge in [-0.3, -0.25) is 4.79 Å². The summed E-state index contributed by atoms with van der Waals surface area (Å²) in [5, 5.41) is 11.6. The Morgan fingerprint density at radius 1 is 1.44 bits per heavy atom. The van der Waals surface area contributed by atoms with Gasteiger partial charge in [0.25, 0.3) is 5.91 Å². The van der Waals surface area contributed by atoms with Crippen molar-refractivity contribution >= 4 is 33.5 Å². The maximum atomic E-state index is 13.0. The average Bonchev–Trinajstić information content (AvgIpc) is 2.85. The SMILES string of the molecule is COC(=O)C1=C(Nc2cccc(C(F)(F)F)c2Br)C(=O)N(CCO)C1. The number of hydrogen-bond acceptors (Lipinski definition) is 5. The predicted octanol–water partition coefficient (Wildman–Crippen LogP) is 2.14. The largest absolute Gasteiger partial charge is 0.466 e. The standard InChI is InChI=1S/C15H14BrF3N2O4/c1-25-14(24)8-7-21(5-6-22)13(23)12(8)20-10-4-2-3-9(11(10)16)15(17,18)19/h2-4,20,22H,5-7H2,1H3. The van der Waals surface area contributed by atoms with Gasteiger partial charge in [0, 0.05) is 6.54 Å². The van der Waals surface area contributed by atoms with E-state index in [0.717, 1.165) is 13.2 Å². The number of carbonyl (C=O) groups is 2. The lowest BCUT2D eigenvalue weighted by molar-refractivity contribution is -0.138. The van der Waals surface area contributed by atoms with Gasteiger partial charge in [-0.2, -0.15) is 13.2 Å². The third-order valence-electron chi connectivity index (χ3n) is 3.52. The highest BCUT2D eigenvalue weighted by Crippen LogP contribution is 2.39. The molecule has 10 heteroatoms. The van der Waals surface area contributed by atoms with Crippen molar-refractivity contribution in [2.45, 2.75) is 6.18 Å². The second-order valence-electron chi connectivity index (χ2n) is 5.09. The average molecular weight is 423 g/mol. The molecular formula is C15H14BrF3N2O4. The molecule has 0 saturated carbocycles. The van der Waals surface area contributed by atoms with E-state index in [1.165, 1.54) is 17.0 Å². The van der Waals surface area contributed by atoms with Crippen LogP contribution in [0.15, 0.2) is 33.9 Å². The number of nitrogens with zero attached hydrogens (tertiary/aromatic N) is 1. The fraction of sp³-hybridized carbons (Fsp3) is 0.333. The van der Waals surface area contributed by atoms with Crippen LogP contribution in [0.25, 0.3) is 0 Å². The molecule has 6 nitrogen and oxygen atoms in total. The summed E-state index contributed by atoms with van der Waals surface area (Å²) in [7, 11) is 1.13. The van der Waals surface area contributed by atoms with E-state index in [0.29, 0.717) is 0 Å². The maximum Gasteiger partial charge on any atom is 0.417 e. The summed E-state index contributed by atoms with van der Waals surface area (Å²) in [6.45, 7) is -0.444. The Kier molecular flexibility index (Phi) is 5.73. The first-order valence-electron chi connectivity index (χ1n) is 7.05. The van der Waals surface area contributed by atoms with Gasteiger partial charge < -0.3 is 20.1 Å². The van der Waals surface area contributed by atoms with Crippen molar-refractivity contribution in [1.82, 2.24) is 4.90 Å². The summed E-state index contributed by atoms with van der Waals surface area (Å²) in [5.41, 5.74) is -1.15. The first-order valence-corrected chi connectivity index (χ1v) is 7.84. The van der Waals surface area contributed by atoms with Gasteiger partial charge in [0.2, 0.25) is 0 Å². The highest BCUT2D eigenvalue weighted by atomic mass is 79.9. The van der Waals surface area contributed by atoms with E-state index in [1.54, 1.807) is 0 Å². The number of anilines is 1. The number of alkyl halides is 3. The molecule has 136 valence electrons. The first-order chi connectivity index (χ1) is 11.7. The first kappa shape index (κ1) is 19.3.